The molecule has 2 aliphatic rings. The third kappa shape index (κ3) is 3.00. The molecule has 2 N–H and O–H groups in total. The number of nitro benzene ring substituents is 1. The highest BCUT2D eigenvalue weighted by atomic mass is 32.1. The van der Waals surface area contributed by atoms with E-state index in [1.165, 1.54) is 31.7 Å². The van der Waals surface area contributed by atoms with Gasteiger partial charge in [0.05, 0.1) is 4.92 Å². The second-order valence-electron chi connectivity index (χ2n) is 6.14. The predicted octanol–water partition coefficient (Wildman–Crippen LogP) is 3.38. The van der Waals surface area contributed by atoms with Gasteiger partial charge in [0.2, 0.25) is 0 Å². The molecule has 0 spiro atoms. The third-order valence-corrected chi connectivity index (χ3v) is 4.94. The molecule has 112 valence electrons. The van der Waals surface area contributed by atoms with Crippen molar-refractivity contribution in [2.24, 2.45) is 11.8 Å². The first-order chi connectivity index (χ1) is 10.0. The molecule has 0 heterocycles. The van der Waals surface area contributed by atoms with E-state index in [1.54, 1.807) is 13.0 Å². The molecule has 0 aliphatic heterocycles. The molecule has 3 rings (SSSR count). The average Bonchev–Trinajstić information content (AvgIpc) is 3.03. The summed E-state index contributed by atoms with van der Waals surface area (Å²) in [6.07, 6.45) is 5.16. The zero-order valence-corrected chi connectivity index (χ0v) is 12.8. The number of aryl methyl sites for hydroxylation is 1. The van der Waals surface area contributed by atoms with Gasteiger partial charge in [-0.05, 0) is 56.3 Å². The number of thiocarbonyl (C=S) groups is 1. The maximum absolute atomic E-state index is 11.0. The lowest BCUT2D eigenvalue weighted by molar-refractivity contribution is -0.385. The lowest BCUT2D eigenvalue weighted by Gasteiger charge is -2.24. The molecule has 0 unspecified atom stereocenters. The number of benzene rings is 1. The van der Waals surface area contributed by atoms with Crippen LogP contribution in [0.25, 0.3) is 0 Å². The van der Waals surface area contributed by atoms with Crippen molar-refractivity contribution >= 4 is 28.7 Å². The summed E-state index contributed by atoms with van der Waals surface area (Å²) in [5.41, 5.74) is 1.42. The normalized spacial score (nSPS) is 26.6. The van der Waals surface area contributed by atoms with Crippen molar-refractivity contribution in [2.75, 3.05) is 5.32 Å². The van der Waals surface area contributed by atoms with Crippen molar-refractivity contribution in [3.63, 3.8) is 0 Å². The van der Waals surface area contributed by atoms with Gasteiger partial charge < -0.3 is 10.6 Å². The zero-order valence-electron chi connectivity index (χ0n) is 12.0. The van der Waals surface area contributed by atoms with Crippen LogP contribution in [0.15, 0.2) is 18.2 Å². The molecule has 2 saturated carbocycles. The molecular formula is C15H19N3O2S. The highest BCUT2D eigenvalue weighted by Gasteiger charge is 2.39. The van der Waals surface area contributed by atoms with Gasteiger partial charge in [0.1, 0.15) is 0 Å². The summed E-state index contributed by atoms with van der Waals surface area (Å²) < 4.78 is 0. The first-order valence-corrected chi connectivity index (χ1v) is 7.76. The van der Waals surface area contributed by atoms with E-state index in [0.29, 0.717) is 22.4 Å². The summed E-state index contributed by atoms with van der Waals surface area (Å²) in [6, 6.07) is 5.55. The Balaban J connectivity index is 1.62. The summed E-state index contributed by atoms with van der Waals surface area (Å²) in [7, 11) is 0. The summed E-state index contributed by atoms with van der Waals surface area (Å²) >= 11 is 5.34. The summed E-state index contributed by atoms with van der Waals surface area (Å²) in [6.45, 7) is 1.73. The SMILES string of the molecule is Cc1ccc(NC(=S)N[C@@H]2C[C@@H]3CC[C@@H]2C3)cc1[N+](=O)[O-]. The third-order valence-electron chi connectivity index (χ3n) is 4.72. The van der Waals surface area contributed by atoms with Crippen molar-refractivity contribution < 1.29 is 4.92 Å². The number of nitrogens with one attached hydrogen (secondary N) is 2. The molecule has 21 heavy (non-hydrogen) atoms. The number of hydrogen-bond donors (Lipinski definition) is 2. The maximum Gasteiger partial charge on any atom is 0.274 e. The molecule has 0 amide bonds. The van der Waals surface area contributed by atoms with Gasteiger partial charge in [-0.1, -0.05) is 12.5 Å². The molecule has 3 atom stereocenters. The van der Waals surface area contributed by atoms with E-state index in [1.807, 2.05) is 6.07 Å². The molecule has 0 saturated heterocycles. The summed E-state index contributed by atoms with van der Waals surface area (Å²) in [4.78, 5) is 10.6. The second kappa shape index (κ2) is 5.60. The molecule has 2 fully saturated rings. The Morgan fingerprint density at radius 3 is 2.81 bits per heavy atom. The Kier molecular flexibility index (Phi) is 3.80. The molecular weight excluding hydrogens is 286 g/mol. The van der Waals surface area contributed by atoms with Crippen LogP contribution in [0.3, 0.4) is 0 Å². The first kappa shape index (κ1) is 14.3. The van der Waals surface area contributed by atoms with Gasteiger partial charge in [-0.3, -0.25) is 10.1 Å². The lowest BCUT2D eigenvalue weighted by Crippen LogP contribution is -2.40. The molecule has 2 bridgehead atoms. The van der Waals surface area contributed by atoms with E-state index in [9.17, 15) is 10.1 Å². The topological polar surface area (TPSA) is 67.2 Å². The Bertz CT molecular complexity index is 590. The Hall–Kier alpha value is -1.69. The summed E-state index contributed by atoms with van der Waals surface area (Å²) in [5, 5.41) is 18.0. The molecule has 6 heteroatoms. The quantitative estimate of drug-likeness (QED) is 0.509. The van der Waals surface area contributed by atoms with E-state index >= 15 is 0 Å². The van der Waals surface area contributed by atoms with Crippen LogP contribution in [0.5, 0.6) is 0 Å². The van der Waals surface area contributed by atoms with Gasteiger partial charge in [0.15, 0.2) is 5.11 Å². The fraction of sp³-hybridized carbons (Fsp3) is 0.533. The van der Waals surface area contributed by atoms with Gasteiger partial charge >= 0.3 is 0 Å². The minimum absolute atomic E-state index is 0.114. The van der Waals surface area contributed by atoms with Crippen molar-refractivity contribution in [3.05, 3.63) is 33.9 Å². The van der Waals surface area contributed by atoms with Gasteiger partial charge in [0.25, 0.3) is 5.69 Å². The maximum atomic E-state index is 11.0. The van der Waals surface area contributed by atoms with Crippen LogP contribution in [0.1, 0.15) is 31.2 Å². The van der Waals surface area contributed by atoms with Gasteiger partial charge in [-0.2, -0.15) is 0 Å². The van der Waals surface area contributed by atoms with E-state index in [4.69, 9.17) is 12.2 Å². The minimum atomic E-state index is -0.368. The van der Waals surface area contributed by atoms with Gasteiger partial charge in [-0.25, -0.2) is 0 Å². The van der Waals surface area contributed by atoms with E-state index < -0.39 is 0 Å². The first-order valence-electron chi connectivity index (χ1n) is 7.35. The monoisotopic (exact) mass is 305 g/mol. The standard InChI is InChI=1S/C15H19N3O2S/c1-9-2-5-12(8-14(9)18(19)20)16-15(21)17-13-7-10-3-4-11(13)6-10/h2,5,8,10-11,13H,3-4,6-7H2,1H3,(H2,16,17,21)/t10-,11-,13-/m1/s1. The largest absolute Gasteiger partial charge is 0.359 e. The fourth-order valence-electron chi connectivity index (χ4n) is 3.64. The van der Waals surface area contributed by atoms with Crippen LogP contribution in [0.2, 0.25) is 0 Å². The summed E-state index contributed by atoms with van der Waals surface area (Å²) in [5.74, 6) is 1.60. The van der Waals surface area contributed by atoms with Gasteiger partial charge in [0, 0.05) is 23.4 Å². The van der Waals surface area contributed by atoms with Crippen LogP contribution in [-0.4, -0.2) is 16.1 Å². The van der Waals surface area contributed by atoms with Crippen molar-refractivity contribution in [1.82, 2.24) is 5.32 Å². The van der Waals surface area contributed by atoms with E-state index in [-0.39, 0.29) is 10.6 Å². The van der Waals surface area contributed by atoms with Crippen molar-refractivity contribution in [3.8, 4) is 0 Å². The number of fused-ring (bicyclic) bond motifs is 2. The molecule has 1 aromatic rings. The Morgan fingerprint density at radius 2 is 2.19 bits per heavy atom. The van der Waals surface area contributed by atoms with E-state index in [2.05, 4.69) is 10.6 Å². The van der Waals surface area contributed by atoms with Crippen LogP contribution in [0.4, 0.5) is 11.4 Å². The number of nitrogens with zero attached hydrogens (tertiary/aromatic N) is 1. The highest BCUT2D eigenvalue weighted by Crippen LogP contribution is 2.44. The number of hydrogen-bond acceptors (Lipinski definition) is 3. The fourth-order valence-corrected chi connectivity index (χ4v) is 3.91. The number of anilines is 1. The highest BCUT2D eigenvalue weighted by molar-refractivity contribution is 7.80. The van der Waals surface area contributed by atoms with E-state index in [0.717, 1.165) is 11.8 Å². The predicted molar refractivity (Wildman–Crippen MR) is 86.4 cm³/mol. The number of rotatable bonds is 3. The average molecular weight is 305 g/mol. The molecule has 1 aromatic carbocycles. The minimum Gasteiger partial charge on any atom is -0.359 e. The molecule has 0 aromatic heterocycles. The van der Waals surface area contributed by atoms with Crippen LogP contribution < -0.4 is 10.6 Å². The molecule has 2 aliphatic carbocycles. The van der Waals surface area contributed by atoms with Gasteiger partial charge in [-0.15, -0.1) is 0 Å². The smallest absolute Gasteiger partial charge is 0.274 e. The van der Waals surface area contributed by atoms with Crippen LogP contribution in [-0.2, 0) is 0 Å². The zero-order chi connectivity index (χ0) is 15.0. The van der Waals surface area contributed by atoms with Crippen LogP contribution >= 0.6 is 12.2 Å². The Morgan fingerprint density at radius 1 is 1.38 bits per heavy atom. The van der Waals surface area contributed by atoms with Crippen LogP contribution in [0, 0.1) is 28.9 Å². The number of nitro groups is 1. The van der Waals surface area contributed by atoms with Crippen molar-refractivity contribution in [1.29, 1.82) is 0 Å². The van der Waals surface area contributed by atoms with Crippen molar-refractivity contribution in [2.45, 2.75) is 38.6 Å². The molecule has 5 nitrogen and oxygen atoms in total. The lowest BCUT2D eigenvalue weighted by atomic mass is 9.96. The Labute approximate surface area is 129 Å². The molecule has 0 radical (unpaired) electrons. The second-order valence-corrected chi connectivity index (χ2v) is 6.55.